The monoisotopic (exact) mass is 199 g/mol. The van der Waals surface area contributed by atoms with E-state index in [1.807, 2.05) is 0 Å². The summed E-state index contributed by atoms with van der Waals surface area (Å²) in [5.41, 5.74) is 0.458. The third-order valence-electron chi connectivity index (χ3n) is 1.36. The standard InChI is InChI=1S/C8H10NO2S.CH3/c1-12(2,11)8(10)7-3-5-9-6-4-7;/h3-6H,1-2H3;1H3/q+1;-1. The maximum atomic E-state index is 11.4. The second kappa shape index (κ2) is 4.28. The lowest BCUT2D eigenvalue weighted by molar-refractivity contribution is 0.107. The van der Waals surface area contributed by atoms with Crippen LogP contribution in [0.4, 0.5) is 0 Å². The van der Waals surface area contributed by atoms with E-state index in [1.165, 1.54) is 24.9 Å². The van der Waals surface area contributed by atoms with Gasteiger partial charge in [0.2, 0.25) is 0 Å². The predicted octanol–water partition coefficient (Wildman–Crippen LogP) is 1.43. The van der Waals surface area contributed by atoms with E-state index in [1.54, 1.807) is 12.1 Å². The summed E-state index contributed by atoms with van der Waals surface area (Å²) in [5, 5.41) is -0.315. The Labute approximate surface area is 79.6 Å². The molecule has 0 N–H and O–H groups in total. The number of hydrogen-bond acceptors (Lipinski definition) is 3. The number of carbonyl (C=O) groups excluding carboxylic acids is 1. The number of rotatable bonds is 1. The number of carbonyl (C=O) groups is 1. The molecule has 0 bridgehead atoms. The van der Waals surface area contributed by atoms with E-state index >= 15 is 0 Å². The molecule has 13 heavy (non-hydrogen) atoms. The van der Waals surface area contributed by atoms with Crippen molar-refractivity contribution in [2.24, 2.45) is 0 Å². The molecule has 0 saturated heterocycles. The molecule has 1 rings (SSSR count). The summed E-state index contributed by atoms with van der Waals surface area (Å²) in [5.74, 6) is 0. The number of aromatic nitrogens is 1. The van der Waals surface area contributed by atoms with Crippen molar-refractivity contribution < 1.29 is 9.00 Å². The topological polar surface area (TPSA) is 47.0 Å². The Hall–Kier alpha value is -1.03. The Morgan fingerprint density at radius 1 is 1.31 bits per heavy atom. The molecule has 0 saturated carbocycles. The van der Waals surface area contributed by atoms with E-state index in [0.717, 1.165) is 0 Å². The molecule has 0 aliphatic rings. The molecule has 0 aliphatic carbocycles. The zero-order chi connectivity index (χ0) is 9.19. The van der Waals surface area contributed by atoms with Crippen molar-refractivity contribution >= 4 is 15.0 Å². The lowest BCUT2D eigenvalue weighted by Gasteiger charge is -1.97. The molecule has 0 aliphatic heterocycles. The highest BCUT2D eigenvalue weighted by Crippen LogP contribution is 2.07. The van der Waals surface area contributed by atoms with Crippen LogP contribution in [0.2, 0.25) is 0 Å². The van der Waals surface area contributed by atoms with Gasteiger partial charge in [-0.25, -0.2) is 4.79 Å². The van der Waals surface area contributed by atoms with E-state index in [2.05, 4.69) is 4.98 Å². The van der Waals surface area contributed by atoms with Crippen LogP contribution in [0, 0.1) is 7.43 Å². The fourth-order valence-electron chi connectivity index (χ4n) is 0.772. The van der Waals surface area contributed by atoms with E-state index in [9.17, 15) is 9.00 Å². The maximum Gasteiger partial charge on any atom is 0.364 e. The van der Waals surface area contributed by atoms with Gasteiger partial charge in [0.05, 0.1) is 5.56 Å². The first-order chi connectivity index (χ1) is 5.52. The third-order valence-corrected chi connectivity index (χ3v) is 2.49. The smallest absolute Gasteiger partial charge is 0.358 e. The highest BCUT2D eigenvalue weighted by atomic mass is 32.2. The fraction of sp³-hybridized carbons (Fsp3) is 0.222. The highest BCUT2D eigenvalue weighted by molar-refractivity contribution is 8.15. The van der Waals surface area contributed by atoms with Gasteiger partial charge in [0.15, 0.2) is 0 Å². The van der Waals surface area contributed by atoms with E-state index in [0.29, 0.717) is 5.56 Å². The molecular weight excluding hydrogens is 186 g/mol. The van der Waals surface area contributed by atoms with Gasteiger partial charge in [0.25, 0.3) is 0 Å². The van der Waals surface area contributed by atoms with Crippen LogP contribution in [0.1, 0.15) is 10.4 Å². The van der Waals surface area contributed by atoms with Crippen molar-refractivity contribution in [3.63, 3.8) is 0 Å². The lowest BCUT2D eigenvalue weighted by Crippen LogP contribution is -2.18. The Morgan fingerprint density at radius 3 is 2.15 bits per heavy atom. The van der Waals surface area contributed by atoms with E-state index in [-0.39, 0.29) is 12.5 Å². The molecule has 3 nitrogen and oxygen atoms in total. The van der Waals surface area contributed by atoms with E-state index in [4.69, 9.17) is 0 Å². The Balaban J connectivity index is 0.00000144. The minimum Gasteiger partial charge on any atom is -0.358 e. The number of pyridine rings is 1. The molecule has 0 amide bonds. The summed E-state index contributed by atoms with van der Waals surface area (Å²) in [6, 6.07) is 3.13. The Bertz CT molecular complexity index is 329. The Morgan fingerprint density at radius 2 is 1.77 bits per heavy atom. The van der Waals surface area contributed by atoms with Gasteiger partial charge in [-0.2, -0.15) is 0 Å². The molecule has 1 heterocycles. The van der Waals surface area contributed by atoms with Crippen LogP contribution >= 0.6 is 0 Å². The van der Waals surface area contributed by atoms with Gasteiger partial charge in [0, 0.05) is 12.4 Å². The summed E-state index contributed by atoms with van der Waals surface area (Å²) in [6.45, 7) is 0. The number of nitrogens with zero attached hydrogens (tertiary/aromatic N) is 1. The van der Waals surface area contributed by atoms with Crippen molar-refractivity contribution in [2.75, 3.05) is 12.5 Å². The third kappa shape index (κ3) is 3.06. The molecule has 1 aromatic heterocycles. The van der Waals surface area contributed by atoms with Crippen LogP contribution in [0.25, 0.3) is 0 Å². The first-order valence-corrected chi connectivity index (χ1v) is 5.78. The number of hydrogen-bond donors (Lipinski definition) is 0. The van der Waals surface area contributed by atoms with Crippen molar-refractivity contribution in [2.45, 2.75) is 0 Å². The normalized spacial score (nSPS) is 10.3. The fourth-order valence-corrected chi connectivity index (χ4v) is 1.48. The minimum atomic E-state index is -2.37. The second-order valence-electron chi connectivity index (χ2n) is 2.76. The van der Waals surface area contributed by atoms with Crippen LogP contribution in [0.3, 0.4) is 0 Å². The molecule has 0 radical (unpaired) electrons. The molecule has 0 fully saturated rings. The van der Waals surface area contributed by atoms with Crippen molar-refractivity contribution in [3.8, 4) is 0 Å². The van der Waals surface area contributed by atoms with Crippen LogP contribution in [0.15, 0.2) is 24.5 Å². The van der Waals surface area contributed by atoms with Crippen LogP contribution < -0.4 is 0 Å². The largest absolute Gasteiger partial charge is 0.364 e. The molecular formula is C9H13NO2S. The molecule has 0 spiro atoms. The van der Waals surface area contributed by atoms with Crippen LogP contribution in [-0.2, 0) is 14.1 Å². The van der Waals surface area contributed by atoms with Crippen LogP contribution in [0.5, 0.6) is 0 Å². The van der Waals surface area contributed by atoms with Gasteiger partial charge in [0.1, 0.15) is 22.4 Å². The summed E-state index contributed by atoms with van der Waals surface area (Å²) in [4.78, 5) is 15.1. The predicted molar refractivity (Wildman–Crippen MR) is 54.9 cm³/mol. The first kappa shape index (κ1) is 12.0. The summed E-state index contributed by atoms with van der Waals surface area (Å²) in [6.07, 6.45) is 5.91. The molecule has 0 aromatic carbocycles. The Kier molecular flexibility index (Phi) is 3.94. The van der Waals surface area contributed by atoms with Gasteiger partial charge in [-0.05, 0) is 12.1 Å². The van der Waals surface area contributed by atoms with Gasteiger partial charge >= 0.3 is 5.12 Å². The molecule has 0 unspecified atom stereocenters. The van der Waals surface area contributed by atoms with Gasteiger partial charge in [-0.15, -0.1) is 0 Å². The van der Waals surface area contributed by atoms with Gasteiger partial charge < -0.3 is 7.43 Å². The maximum absolute atomic E-state index is 11.4. The highest BCUT2D eigenvalue weighted by Gasteiger charge is 2.27. The molecule has 1 aromatic rings. The minimum absolute atomic E-state index is 0. The van der Waals surface area contributed by atoms with Gasteiger partial charge in [-0.3, -0.25) is 4.98 Å². The molecule has 0 atom stereocenters. The van der Waals surface area contributed by atoms with E-state index < -0.39 is 9.93 Å². The zero-order valence-corrected chi connectivity index (χ0v) is 8.80. The first-order valence-electron chi connectivity index (χ1n) is 3.40. The quantitative estimate of drug-likeness (QED) is 0.508. The summed E-state index contributed by atoms with van der Waals surface area (Å²) in [7, 11) is -2.37. The van der Waals surface area contributed by atoms with Crippen molar-refractivity contribution in [1.29, 1.82) is 0 Å². The van der Waals surface area contributed by atoms with Crippen LogP contribution in [-0.4, -0.2) is 22.6 Å². The molecule has 72 valence electrons. The van der Waals surface area contributed by atoms with Crippen molar-refractivity contribution in [1.82, 2.24) is 4.98 Å². The molecule has 4 heteroatoms. The van der Waals surface area contributed by atoms with Crippen molar-refractivity contribution in [3.05, 3.63) is 37.5 Å². The average molecular weight is 199 g/mol. The lowest BCUT2D eigenvalue weighted by atomic mass is 10.3. The van der Waals surface area contributed by atoms with Gasteiger partial charge in [-0.1, -0.05) is 4.21 Å². The summed E-state index contributed by atoms with van der Waals surface area (Å²) >= 11 is 0. The SMILES string of the molecule is C[S+](C)(=O)C(=O)c1ccncc1.[CH3-]. The second-order valence-corrected chi connectivity index (χ2v) is 5.59. The zero-order valence-electron chi connectivity index (χ0n) is 7.98. The summed E-state index contributed by atoms with van der Waals surface area (Å²) < 4.78 is 11.3. The average Bonchev–Trinajstić information content (AvgIpc) is 2.03.